The predicted molar refractivity (Wildman–Crippen MR) is 105 cm³/mol. The summed E-state index contributed by atoms with van der Waals surface area (Å²) in [6.07, 6.45) is 0. The number of guanidine groups is 1. The van der Waals surface area contributed by atoms with Gasteiger partial charge in [0.15, 0.2) is 5.96 Å². The number of nitrogens with one attached hydrogen (secondary N) is 3. The molecule has 0 unspecified atom stereocenters. The molecule has 0 saturated heterocycles. The van der Waals surface area contributed by atoms with Gasteiger partial charge in [-0.1, -0.05) is 48.5 Å². The zero-order valence-corrected chi connectivity index (χ0v) is 15.5. The molecule has 0 aliphatic heterocycles. The van der Waals surface area contributed by atoms with Gasteiger partial charge in [-0.2, -0.15) is 0 Å². The summed E-state index contributed by atoms with van der Waals surface area (Å²) >= 11 is 0. The molecule has 138 valence electrons. The van der Waals surface area contributed by atoms with E-state index in [2.05, 4.69) is 10.6 Å². The van der Waals surface area contributed by atoms with Crippen molar-refractivity contribution in [3.63, 3.8) is 0 Å². The van der Waals surface area contributed by atoms with E-state index in [1.165, 1.54) is 0 Å². The van der Waals surface area contributed by atoms with E-state index in [1.807, 2.05) is 62.4 Å². The summed E-state index contributed by atoms with van der Waals surface area (Å²) in [5.74, 6) is 0.0250. The zero-order valence-electron chi connectivity index (χ0n) is 15.5. The molecule has 0 aliphatic carbocycles. The van der Waals surface area contributed by atoms with Gasteiger partial charge in [-0.3, -0.25) is 10.7 Å². The third-order valence-electron chi connectivity index (χ3n) is 4.02. The van der Waals surface area contributed by atoms with E-state index in [1.54, 1.807) is 11.9 Å². The van der Waals surface area contributed by atoms with Crippen molar-refractivity contribution in [1.82, 2.24) is 10.2 Å². The number of urea groups is 1. The number of likely N-dealkylation sites (N-methyl/N-ethyl adjacent to an activating group) is 1. The Balaban J connectivity index is 1.73. The molecule has 0 atom stereocenters. The van der Waals surface area contributed by atoms with Crippen LogP contribution in [0.25, 0.3) is 0 Å². The van der Waals surface area contributed by atoms with Crippen LogP contribution in [0.4, 0.5) is 10.5 Å². The lowest BCUT2D eigenvalue weighted by Gasteiger charge is -2.21. The van der Waals surface area contributed by atoms with Gasteiger partial charge in [0.1, 0.15) is 0 Å². The number of carbonyl (C=O) groups is 1. The molecule has 0 radical (unpaired) electrons. The van der Waals surface area contributed by atoms with Crippen molar-refractivity contribution in [3.8, 4) is 0 Å². The topological polar surface area (TPSA) is 77.5 Å². The first-order chi connectivity index (χ1) is 12.5. The fraction of sp³-hybridized carbons (Fsp3) is 0.300. The Morgan fingerprint density at radius 3 is 2.38 bits per heavy atom. The largest absolute Gasteiger partial charge is 0.375 e. The number of rotatable bonds is 6. The van der Waals surface area contributed by atoms with Crippen LogP contribution in [-0.2, 0) is 11.3 Å². The molecular weight excluding hydrogens is 328 g/mol. The van der Waals surface area contributed by atoms with Crippen LogP contribution >= 0.6 is 0 Å². The number of nitrogens with zero attached hydrogens (tertiary/aromatic N) is 1. The fourth-order valence-corrected chi connectivity index (χ4v) is 2.44. The molecule has 0 spiro atoms. The van der Waals surface area contributed by atoms with Gasteiger partial charge in [0.2, 0.25) is 0 Å². The SMILES string of the molecule is Cc1cccc(C)c1NC(=O)NC(=N)N(C)CCOCc1ccccc1. The van der Waals surface area contributed by atoms with Gasteiger partial charge in [-0.05, 0) is 30.5 Å². The molecule has 6 heteroatoms. The van der Waals surface area contributed by atoms with Crippen molar-refractivity contribution < 1.29 is 9.53 Å². The van der Waals surface area contributed by atoms with Crippen LogP contribution in [0.5, 0.6) is 0 Å². The first-order valence-electron chi connectivity index (χ1n) is 8.53. The number of para-hydroxylation sites is 1. The standard InChI is InChI=1S/C20H26N4O2/c1-15-8-7-9-16(2)18(15)22-20(25)23-19(21)24(3)12-13-26-14-17-10-5-4-6-11-17/h4-11H,12-14H2,1-3H3,(H3,21,22,23,25). The lowest BCUT2D eigenvalue weighted by atomic mass is 10.1. The Bertz CT molecular complexity index is 726. The number of hydrogen-bond acceptors (Lipinski definition) is 3. The van der Waals surface area contributed by atoms with Crippen molar-refractivity contribution in [1.29, 1.82) is 5.41 Å². The molecule has 0 heterocycles. The van der Waals surface area contributed by atoms with E-state index in [0.29, 0.717) is 19.8 Å². The zero-order chi connectivity index (χ0) is 18.9. The smallest absolute Gasteiger partial charge is 0.326 e. The Labute approximate surface area is 154 Å². The average Bonchev–Trinajstić information content (AvgIpc) is 2.62. The maximum Gasteiger partial charge on any atom is 0.326 e. The van der Waals surface area contributed by atoms with Gasteiger partial charge in [-0.15, -0.1) is 0 Å². The summed E-state index contributed by atoms with van der Waals surface area (Å²) in [5, 5.41) is 13.3. The highest BCUT2D eigenvalue weighted by atomic mass is 16.5. The van der Waals surface area contributed by atoms with E-state index in [9.17, 15) is 4.79 Å². The van der Waals surface area contributed by atoms with Crippen molar-refractivity contribution in [2.24, 2.45) is 0 Å². The van der Waals surface area contributed by atoms with E-state index >= 15 is 0 Å². The molecular formula is C20H26N4O2. The Morgan fingerprint density at radius 1 is 1.08 bits per heavy atom. The Hall–Kier alpha value is -2.86. The summed E-state index contributed by atoms with van der Waals surface area (Å²) in [6.45, 7) is 5.38. The Kier molecular flexibility index (Phi) is 7.17. The third-order valence-corrected chi connectivity index (χ3v) is 4.02. The molecule has 2 rings (SSSR count). The summed E-state index contributed by atoms with van der Waals surface area (Å²) in [7, 11) is 1.74. The predicted octanol–water partition coefficient (Wildman–Crippen LogP) is 3.51. The molecule has 0 aliphatic rings. The molecule has 26 heavy (non-hydrogen) atoms. The van der Waals surface area contributed by atoms with Gasteiger partial charge in [0.05, 0.1) is 13.2 Å². The molecule has 2 amide bonds. The van der Waals surface area contributed by atoms with Gasteiger partial charge >= 0.3 is 6.03 Å². The second-order valence-electron chi connectivity index (χ2n) is 6.15. The van der Waals surface area contributed by atoms with Crippen molar-refractivity contribution in [3.05, 3.63) is 65.2 Å². The minimum atomic E-state index is -0.426. The molecule has 0 aromatic heterocycles. The average molecular weight is 354 g/mol. The lowest BCUT2D eigenvalue weighted by molar-refractivity contribution is 0.111. The number of hydrogen-bond donors (Lipinski definition) is 3. The number of amides is 2. The van der Waals surface area contributed by atoms with Crippen LogP contribution < -0.4 is 10.6 Å². The van der Waals surface area contributed by atoms with Crippen LogP contribution in [0.15, 0.2) is 48.5 Å². The maximum absolute atomic E-state index is 12.1. The normalized spacial score (nSPS) is 10.3. The number of benzene rings is 2. The molecule has 0 bridgehead atoms. The van der Waals surface area contributed by atoms with Gasteiger partial charge < -0.3 is 15.0 Å². The highest BCUT2D eigenvalue weighted by Gasteiger charge is 2.11. The minimum Gasteiger partial charge on any atom is -0.375 e. The van der Waals surface area contributed by atoms with E-state index in [-0.39, 0.29) is 5.96 Å². The maximum atomic E-state index is 12.1. The van der Waals surface area contributed by atoms with Crippen LogP contribution in [0, 0.1) is 19.3 Å². The summed E-state index contributed by atoms with van der Waals surface area (Å²) < 4.78 is 5.61. The molecule has 0 saturated carbocycles. The highest BCUT2D eigenvalue weighted by Crippen LogP contribution is 2.18. The fourth-order valence-electron chi connectivity index (χ4n) is 2.44. The van der Waals surface area contributed by atoms with Crippen LogP contribution in [-0.4, -0.2) is 37.1 Å². The van der Waals surface area contributed by atoms with E-state index in [4.69, 9.17) is 10.1 Å². The number of anilines is 1. The number of ether oxygens (including phenoxy) is 1. The summed E-state index contributed by atoms with van der Waals surface area (Å²) in [5.41, 5.74) is 3.84. The first kappa shape index (κ1) is 19.5. The van der Waals surface area contributed by atoms with Crippen molar-refractivity contribution in [2.45, 2.75) is 20.5 Å². The van der Waals surface area contributed by atoms with Crippen LogP contribution in [0.1, 0.15) is 16.7 Å². The van der Waals surface area contributed by atoms with Crippen molar-refractivity contribution in [2.75, 3.05) is 25.5 Å². The molecule has 2 aromatic carbocycles. The van der Waals surface area contributed by atoms with Gasteiger partial charge in [0.25, 0.3) is 0 Å². The van der Waals surface area contributed by atoms with Crippen molar-refractivity contribution >= 4 is 17.7 Å². The lowest BCUT2D eigenvalue weighted by Crippen LogP contribution is -2.44. The molecule has 0 fully saturated rings. The first-order valence-corrected chi connectivity index (χ1v) is 8.53. The number of aryl methyl sites for hydroxylation is 2. The van der Waals surface area contributed by atoms with E-state index < -0.39 is 6.03 Å². The van der Waals surface area contributed by atoms with Gasteiger partial charge in [0, 0.05) is 19.3 Å². The molecule has 2 aromatic rings. The highest BCUT2D eigenvalue weighted by molar-refractivity contribution is 6.01. The molecule has 3 N–H and O–H groups in total. The Morgan fingerprint density at radius 2 is 1.73 bits per heavy atom. The quantitative estimate of drug-likeness (QED) is 0.422. The van der Waals surface area contributed by atoms with E-state index in [0.717, 1.165) is 22.4 Å². The second-order valence-corrected chi connectivity index (χ2v) is 6.15. The van der Waals surface area contributed by atoms with Crippen LogP contribution in [0.3, 0.4) is 0 Å². The second kappa shape index (κ2) is 9.58. The number of carbonyl (C=O) groups excluding carboxylic acids is 1. The molecule has 6 nitrogen and oxygen atoms in total. The summed E-state index contributed by atoms with van der Waals surface area (Å²) in [6, 6.07) is 15.3. The van der Waals surface area contributed by atoms with Crippen LogP contribution in [0.2, 0.25) is 0 Å². The summed E-state index contributed by atoms with van der Waals surface area (Å²) in [4.78, 5) is 13.8. The minimum absolute atomic E-state index is 0.0250. The third kappa shape index (κ3) is 5.89. The monoisotopic (exact) mass is 354 g/mol. The van der Waals surface area contributed by atoms with Gasteiger partial charge in [-0.25, -0.2) is 4.79 Å².